The molecule has 3 N–H and O–H groups in total. The summed E-state index contributed by atoms with van der Waals surface area (Å²) in [4.78, 5) is 0. The van der Waals surface area contributed by atoms with Crippen molar-refractivity contribution in [3.05, 3.63) is 27.7 Å². The first-order valence-corrected chi connectivity index (χ1v) is 7.92. The molecule has 0 heterocycles. The van der Waals surface area contributed by atoms with E-state index in [0.29, 0.717) is 34.6 Å². The molecule has 0 aliphatic heterocycles. The highest BCUT2D eigenvalue weighted by Gasteiger charge is 2.10. The first-order chi connectivity index (χ1) is 7.94. The van der Waals surface area contributed by atoms with E-state index < -0.39 is 10.0 Å². The first-order valence-electron chi connectivity index (χ1n) is 5.10. The third-order valence-electron chi connectivity index (χ3n) is 2.06. The smallest absolute Gasteiger partial charge is 0.232 e. The van der Waals surface area contributed by atoms with Gasteiger partial charge in [0.25, 0.3) is 0 Å². The lowest BCUT2D eigenvalue weighted by molar-refractivity contribution is 0.597. The van der Waals surface area contributed by atoms with E-state index >= 15 is 0 Å². The van der Waals surface area contributed by atoms with Gasteiger partial charge in [0.15, 0.2) is 0 Å². The molecule has 0 saturated heterocycles. The Balaban J connectivity index is 2.66. The van der Waals surface area contributed by atoms with Crippen LogP contribution in [0.5, 0.6) is 0 Å². The quantitative estimate of drug-likeness (QED) is 0.781. The van der Waals surface area contributed by atoms with Crippen LogP contribution in [0.25, 0.3) is 0 Å². The Bertz CT molecular complexity index is 479. The Morgan fingerprint density at radius 2 is 2.06 bits per heavy atom. The summed E-state index contributed by atoms with van der Waals surface area (Å²) >= 11 is 9.05. The lowest BCUT2D eigenvalue weighted by Gasteiger charge is -2.08. The first kappa shape index (κ1) is 14.8. The highest BCUT2D eigenvalue weighted by Crippen LogP contribution is 2.26. The zero-order chi connectivity index (χ0) is 12.9. The molecule has 0 amide bonds. The standard InChI is InChI=1S/C10H14BrClN2O2S/c11-9-7-8(3-4-10(9)12)14-17(15,16)6-2-1-5-13/h3-4,7,14H,1-2,5-6,13H2. The summed E-state index contributed by atoms with van der Waals surface area (Å²) in [6.45, 7) is 0.502. The van der Waals surface area contributed by atoms with Crippen molar-refractivity contribution >= 4 is 43.2 Å². The second-order valence-electron chi connectivity index (χ2n) is 3.55. The van der Waals surface area contributed by atoms with E-state index in [1.807, 2.05) is 0 Å². The Hall–Kier alpha value is -0.300. The van der Waals surface area contributed by atoms with Crippen LogP contribution in [0.2, 0.25) is 5.02 Å². The summed E-state index contributed by atoms with van der Waals surface area (Å²) in [5.41, 5.74) is 5.81. The molecule has 96 valence electrons. The van der Waals surface area contributed by atoms with Crippen molar-refractivity contribution in [3.63, 3.8) is 0 Å². The van der Waals surface area contributed by atoms with Crippen LogP contribution in [0.4, 0.5) is 5.69 Å². The number of nitrogens with two attached hydrogens (primary N) is 1. The predicted molar refractivity (Wildman–Crippen MR) is 74.8 cm³/mol. The van der Waals surface area contributed by atoms with Crippen LogP contribution in [0, 0.1) is 0 Å². The Labute approximate surface area is 115 Å². The normalized spacial score (nSPS) is 11.5. The van der Waals surface area contributed by atoms with Gasteiger partial charge in [-0.15, -0.1) is 0 Å². The molecule has 0 bridgehead atoms. The van der Waals surface area contributed by atoms with Gasteiger partial charge in [-0.05, 0) is 53.5 Å². The van der Waals surface area contributed by atoms with Gasteiger partial charge in [-0.1, -0.05) is 11.6 Å². The maximum Gasteiger partial charge on any atom is 0.232 e. The predicted octanol–water partition coefficient (Wildman–Crippen LogP) is 2.58. The summed E-state index contributed by atoms with van der Waals surface area (Å²) < 4.78 is 26.5. The van der Waals surface area contributed by atoms with Crippen molar-refractivity contribution in [2.45, 2.75) is 12.8 Å². The molecular weight excluding hydrogens is 328 g/mol. The SMILES string of the molecule is NCCCCS(=O)(=O)Nc1ccc(Cl)c(Br)c1. The Morgan fingerprint density at radius 3 is 2.65 bits per heavy atom. The van der Waals surface area contributed by atoms with E-state index in [9.17, 15) is 8.42 Å². The van der Waals surface area contributed by atoms with Crippen molar-refractivity contribution in [2.75, 3.05) is 17.0 Å². The summed E-state index contributed by atoms with van der Waals surface area (Å²) in [5.74, 6) is 0.0739. The number of hydrogen-bond donors (Lipinski definition) is 2. The zero-order valence-corrected chi connectivity index (χ0v) is 12.3. The maximum absolute atomic E-state index is 11.7. The molecule has 7 heteroatoms. The average molecular weight is 342 g/mol. The lowest BCUT2D eigenvalue weighted by atomic mass is 10.3. The number of halogens is 2. The van der Waals surface area contributed by atoms with Crippen LogP contribution >= 0.6 is 27.5 Å². The third-order valence-corrected chi connectivity index (χ3v) is 4.65. The van der Waals surface area contributed by atoms with Crippen molar-refractivity contribution in [2.24, 2.45) is 5.73 Å². The molecule has 0 atom stereocenters. The summed E-state index contributed by atoms with van der Waals surface area (Å²) in [7, 11) is -3.31. The number of hydrogen-bond acceptors (Lipinski definition) is 3. The van der Waals surface area contributed by atoms with Crippen LogP contribution in [0.15, 0.2) is 22.7 Å². The molecule has 0 aliphatic rings. The van der Waals surface area contributed by atoms with Gasteiger partial charge in [0.2, 0.25) is 10.0 Å². The molecule has 0 saturated carbocycles. The number of rotatable bonds is 6. The van der Waals surface area contributed by atoms with E-state index in [-0.39, 0.29) is 5.75 Å². The molecule has 0 aliphatic carbocycles. The topological polar surface area (TPSA) is 72.2 Å². The van der Waals surface area contributed by atoms with E-state index in [0.717, 1.165) is 0 Å². The fourth-order valence-corrected chi connectivity index (χ4v) is 2.90. The van der Waals surface area contributed by atoms with Crippen molar-refractivity contribution in [3.8, 4) is 0 Å². The fourth-order valence-electron chi connectivity index (χ4n) is 1.23. The van der Waals surface area contributed by atoms with Gasteiger partial charge in [-0.3, -0.25) is 4.72 Å². The van der Waals surface area contributed by atoms with Gasteiger partial charge in [0.05, 0.1) is 10.8 Å². The number of nitrogens with one attached hydrogen (secondary N) is 1. The van der Waals surface area contributed by atoms with Crippen LogP contribution in [-0.2, 0) is 10.0 Å². The summed E-state index contributed by atoms with van der Waals surface area (Å²) in [5, 5.41) is 0.538. The second kappa shape index (κ2) is 6.58. The molecule has 1 rings (SSSR count). The molecule has 1 aromatic rings. The van der Waals surface area contributed by atoms with E-state index in [2.05, 4.69) is 20.7 Å². The van der Waals surface area contributed by atoms with E-state index in [4.69, 9.17) is 17.3 Å². The molecule has 4 nitrogen and oxygen atoms in total. The van der Waals surface area contributed by atoms with Gasteiger partial charge in [0.1, 0.15) is 0 Å². The highest BCUT2D eigenvalue weighted by molar-refractivity contribution is 9.10. The van der Waals surface area contributed by atoms with Crippen molar-refractivity contribution in [1.29, 1.82) is 0 Å². The number of unbranched alkanes of at least 4 members (excludes halogenated alkanes) is 1. The largest absolute Gasteiger partial charge is 0.330 e. The number of benzene rings is 1. The monoisotopic (exact) mass is 340 g/mol. The Kier molecular flexibility index (Phi) is 5.72. The van der Waals surface area contributed by atoms with Crippen molar-refractivity contribution < 1.29 is 8.42 Å². The third kappa shape index (κ3) is 5.25. The minimum atomic E-state index is -3.31. The van der Waals surface area contributed by atoms with Crippen LogP contribution in [-0.4, -0.2) is 20.7 Å². The van der Waals surface area contributed by atoms with Crippen LogP contribution in [0.1, 0.15) is 12.8 Å². The van der Waals surface area contributed by atoms with Crippen molar-refractivity contribution in [1.82, 2.24) is 0 Å². The van der Waals surface area contributed by atoms with Gasteiger partial charge in [-0.2, -0.15) is 0 Å². The maximum atomic E-state index is 11.7. The van der Waals surface area contributed by atoms with Gasteiger partial charge in [-0.25, -0.2) is 8.42 Å². The number of anilines is 1. The van der Waals surface area contributed by atoms with Gasteiger partial charge >= 0.3 is 0 Å². The molecular formula is C10H14BrClN2O2S. The van der Waals surface area contributed by atoms with Gasteiger partial charge in [0, 0.05) is 10.2 Å². The molecule has 0 spiro atoms. The molecule has 1 aromatic carbocycles. The minimum Gasteiger partial charge on any atom is -0.330 e. The zero-order valence-electron chi connectivity index (χ0n) is 9.12. The minimum absolute atomic E-state index is 0.0739. The number of sulfonamides is 1. The van der Waals surface area contributed by atoms with E-state index in [1.165, 1.54) is 0 Å². The fraction of sp³-hybridized carbons (Fsp3) is 0.400. The summed E-state index contributed by atoms with van der Waals surface area (Å²) in [6.07, 6.45) is 1.26. The van der Waals surface area contributed by atoms with Crippen LogP contribution in [0.3, 0.4) is 0 Å². The Morgan fingerprint density at radius 1 is 1.35 bits per heavy atom. The molecule has 0 unspecified atom stereocenters. The molecule has 0 fully saturated rings. The molecule has 17 heavy (non-hydrogen) atoms. The highest BCUT2D eigenvalue weighted by atomic mass is 79.9. The average Bonchev–Trinajstić information content (AvgIpc) is 2.23. The molecule has 0 aromatic heterocycles. The van der Waals surface area contributed by atoms with Gasteiger partial charge < -0.3 is 5.73 Å². The second-order valence-corrected chi connectivity index (χ2v) is 6.65. The molecule has 0 radical (unpaired) electrons. The van der Waals surface area contributed by atoms with E-state index in [1.54, 1.807) is 18.2 Å². The summed E-state index contributed by atoms with van der Waals surface area (Å²) in [6, 6.07) is 4.87. The van der Waals surface area contributed by atoms with Crippen LogP contribution < -0.4 is 10.5 Å². The lowest BCUT2D eigenvalue weighted by Crippen LogP contribution is -2.17.